The van der Waals surface area contributed by atoms with Gasteiger partial charge in [-0.3, -0.25) is 4.98 Å². The Labute approximate surface area is 232 Å². The Balaban J connectivity index is 1.37. The zero-order chi connectivity index (χ0) is 26.7. The summed E-state index contributed by atoms with van der Waals surface area (Å²) in [6.07, 6.45) is 3.64. The van der Waals surface area contributed by atoms with Crippen LogP contribution in [0.15, 0.2) is 146 Å². The maximum atomic E-state index is 4.97. The standard InChI is InChI=1S/C36H24N4/c1-3-9-28(10-4-1)34-38-35(29-11-5-2-6-12-29)40-36(39-34)33-16-8-14-31-30(13-7-15-32(31)33)27-19-17-25(18-20-27)26-21-23-37-24-22-26/h1-24H. The number of pyridine rings is 1. The number of hydrogen-bond donors (Lipinski definition) is 0. The summed E-state index contributed by atoms with van der Waals surface area (Å²) < 4.78 is 0. The maximum absolute atomic E-state index is 4.97. The molecule has 0 aliphatic heterocycles. The second-order valence-corrected chi connectivity index (χ2v) is 9.56. The van der Waals surface area contributed by atoms with Crippen molar-refractivity contribution < 1.29 is 0 Å². The van der Waals surface area contributed by atoms with Crippen LogP contribution in [0.5, 0.6) is 0 Å². The average Bonchev–Trinajstić information content (AvgIpc) is 3.05. The van der Waals surface area contributed by atoms with Crippen LogP contribution in [0.25, 0.3) is 67.2 Å². The number of aromatic nitrogens is 4. The van der Waals surface area contributed by atoms with Crippen molar-refractivity contribution in [1.82, 2.24) is 19.9 Å². The Kier molecular flexibility index (Phi) is 6.11. The van der Waals surface area contributed by atoms with E-state index in [0.717, 1.165) is 38.6 Å². The zero-order valence-electron chi connectivity index (χ0n) is 21.6. The summed E-state index contributed by atoms with van der Waals surface area (Å²) in [6.45, 7) is 0. The first kappa shape index (κ1) is 23.6. The molecule has 0 aliphatic carbocycles. The van der Waals surface area contributed by atoms with Crippen LogP contribution in [-0.2, 0) is 0 Å². The van der Waals surface area contributed by atoms with Crippen LogP contribution in [0.3, 0.4) is 0 Å². The van der Waals surface area contributed by atoms with E-state index in [-0.39, 0.29) is 0 Å². The highest BCUT2D eigenvalue weighted by atomic mass is 15.0. The minimum Gasteiger partial charge on any atom is -0.265 e. The molecule has 0 radical (unpaired) electrons. The quantitative estimate of drug-likeness (QED) is 0.231. The number of fused-ring (bicyclic) bond motifs is 1. The van der Waals surface area contributed by atoms with Gasteiger partial charge in [-0.25, -0.2) is 15.0 Å². The van der Waals surface area contributed by atoms with Crippen LogP contribution >= 0.6 is 0 Å². The molecule has 5 aromatic carbocycles. The molecule has 0 bridgehead atoms. The molecule has 0 aliphatic rings. The van der Waals surface area contributed by atoms with Crippen molar-refractivity contribution in [3.63, 3.8) is 0 Å². The molecule has 2 aromatic heterocycles. The first-order valence-electron chi connectivity index (χ1n) is 13.2. The molecule has 0 spiro atoms. The van der Waals surface area contributed by atoms with Gasteiger partial charge in [0.15, 0.2) is 17.5 Å². The van der Waals surface area contributed by atoms with Gasteiger partial charge in [-0.1, -0.05) is 121 Å². The number of benzene rings is 5. The van der Waals surface area contributed by atoms with Crippen LogP contribution < -0.4 is 0 Å². The summed E-state index contributed by atoms with van der Waals surface area (Å²) >= 11 is 0. The summed E-state index contributed by atoms with van der Waals surface area (Å²) in [5.41, 5.74) is 7.54. The van der Waals surface area contributed by atoms with E-state index in [2.05, 4.69) is 65.6 Å². The third kappa shape index (κ3) is 4.52. The van der Waals surface area contributed by atoms with Gasteiger partial charge in [0, 0.05) is 29.1 Å². The molecule has 0 amide bonds. The second kappa shape index (κ2) is 10.4. The molecule has 0 N–H and O–H groups in total. The minimum absolute atomic E-state index is 0.656. The van der Waals surface area contributed by atoms with E-state index < -0.39 is 0 Å². The van der Waals surface area contributed by atoms with Gasteiger partial charge in [0.2, 0.25) is 0 Å². The van der Waals surface area contributed by atoms with Crippen molar-refractivity contribution in [3.05, 3.63) is 146 Å². The molecular formula is C36H24N4. The van der Waals surface area contributed by atoms with E-state index in [9.17, 15) is 0 Å². The molecule has 0 unspecified atom stereocenters. The maximum Gasteiger partial charge on any atom is 0.164 e. The molecule has 188 valence electrons. The predicted octanol–water partition coefficient (Wildman–Crippen LogP) is 8.75. The largest absolute Gasteiger partial charge is 0.265 e. The molecule has 0 fully saturated rings. The van der Waals surface area contributed by atoms with Crippen molar-refractivity contribution in [2.45, 2.75) is 0 Å². The van der Waals surface area contributed by atoms with Crippen molar-refractivity contribution in [1.29, 1.82) is 0 Å². The Morgan fingerprint density at radius 2 is 0.775 bits per heavy atom. The monoisotopic (exact) mass is 512 g/mol. The van der Waals surface area contributed by atoms with Crippen molar-refractivity contribution in [2.24, 2.45) is 0 Å². The minimum atomic E-state index is 0.656. The molecule has 7 rings (SSSR count). The summed E-state index contributed by atoms with van der Waals surface area (Å²) in [4.78, 5) is 18.9. The summed E-state index contributed by atoms with van der Waals surface area (Å²) in [5.74, 6) is 1.97. The van der Waals surface area contributed by atoms with E-state index in [0.29, 0.717) is 17.5 Å². The zero-order valence-corrected chi connectivity index (χ0v) is 21.6. The molecular weight excluding hydrogens is 488 g/mol. The van der Waals surface area contributed by atoms with Crippen molar-refractivity contribution >= 4 is 10.8 Å². The normalized spacial score (nSPS) is 11.0. The van der Waals surface area contributed by atoms with Crippen molar-refractivity contribution in [3.8, 4) is 56.4 Å². The first-order valence-corrected chi connectivity index (χ1v) is 13.2. The molecule has 0 saturated carbocycles. The lowest BCUT2D eigenvalue weighted by atomic mass is 9.94. The molecule has 7 aromatic rings. The fourth-order valence-corrected chi connectivity index (χ4v) is 5.07. The van der Waals surface area contributed by atoms with E-state index in [1.165, 1.54) is 11.1 Å². The van der Waals surface area contributed by atoms with Gasteiger partial charge < -0.3 is 0 Å². The third-order valence-electron chi connectivity index (χ3n) is 7.07. The molecule has 40 heavy (non-hydrogen) atoms. The smallest absolute Gasteiger partial charge is 0.164 e. The Hall–Kier alpha value is -5.48. The fourth-order valence-electron chi connectivity index (χ4n) is 5.07. The van der Waals surface area contributed by atoms with Gasteiger partial charge >= 0.3 is 0 Å². The van der Waals surface area contributed by atoms with Gasteiger partial charge in [0.1, 0.15) is 0 Å². The van der Waals surface area contributed by atoms with Gasteiger partial charge in [-0.05, 0) is 45.2 Å². The van der Waals surface area contributed by atoms with E-state index in [4.69, 9.17) is 15.0 Å². The average molecular weight is 513 g/mol. The van der Waals surface area contributed by atoms with Gasteiger partial charge in [0.25, 0.3) is 0 Å². The molecule has 2 heterocycles. The number of hydrogen-bond acceptors (Lipinski definition) is 4. The summed E-state index contributed by atoms with van der Waals surface area (Å²) in [5, 5.41) is 2.25. The molecule has 4 heteroatoms. The third-order valence-corrected chi connectivity index (χ3v) is 7.07. The highest BCUT2D eigenvalue weighted by molar-refractivity contribution is 6.03. The lowest BCUT2D eigenvalue weighted by molar-refractivity contribution is 1.08. The van der Waals surface area contributed by atoms with Crippen LogP contribution in [0, 0.1) is 0 Å². The number of rotatable bonds is 5. The van der Waals surface area contributed by atoms with Crippen molar-refractivity contribution in [2.75, 3.05) is 0 Å². The number of nitrogens with zero attached hydrogens (tertiary/aromatic N) is 4. The summed E-state index contributed by atoms with van der Waals surface area (Å²) in [6, 6.07) is 45.7. The van der Waals surface area contributed by atoms with E-state index in [1.54, 1.807) is 0 Å². The molecule has 0 saturated heterocycles. The highest BCUT2D eigenvalue weighted by Crippen LogP contribution is 2.35. The lowest BCUT2D eigenvalue weighted by Crippen LogP contribution is -2.00. The highest BCUT2D eigenvalue weighted by Gasteiger charge is 2.15. The van der Waals surface area contributed by atoms with Gasteiger partial charge in [-0.15, -0.1) is 0 Å². The first-order chi connectivity index (χ1) is 19.8. The molecule has 4 nitrogen and oxygen atoms in total. The fraction of sp³-hybridized carbons (Fsp3) is 0. The Bertz CT molecular complexity index is 1860. The lowest BCUT2D eigenvalue weighted by Gasteiger charge is -2.13. The van der Waals surface area contributed by atoms with Gasteiger partial charge in [-0.2, -0.15) is 0 Å². The summed E-state index contributed by atoms with van der Waals surface area (Å²) in [7, 11) is 0. The Morgan fingerprint density at radius 1 is 0.300 bits per heavy atom. The second-order valence-electron chi connectivity index (χ2n) is 9.56. The predicted molar refractivity (Wildman–Crippen MR) is 162 cm³/mol. The van der Waals surface area contributed by atoms with E-state index in [1.807, 2.05) is 85.2 Å². The topological polar surface area (TPSA) is 51.6 Å². The molecule has 0 atom stereocenters. The van der Waals surface area contributed by atoms with Crippen LogP contribution in [-0.4, -0.2) is 19.9 Å². The Morgan fingerprint density at radius 3 is 1.38 bits per heavy atom. The SMILES string of the molecule is c1ccc(-c2nc(-c3ccccc3)nc(-c3cccc4c(-c5ccc(-c6ccncc6)cc5)cccc34)n2)cc1. The van der Waals surface area contributed by atoms with Crippen LogP contribution in [0.1, 0.15) is 0 Å². The van der Waals surface area contributed by atoms with E-state index >= 15 is 0 Å². The van der Waals surface area contributed by atoms with Crippen LogP contribution in [0.4, 0.5) is 0 Å². The van der Waals surface area contributed by atoms with Gasteiger partial charge in [0.05, 0.1) is 0 Å². The van der Waals surface area contributed by atoms with Crippen LogP contribution in [0.2, 0.25) is 0 Å².